The number of carbonyl (C=O) groups is 2. The number of fused-ring (bicyclic) bond motifs is 2. The Morgan fingerprint density at radius 3 is 2.45 bits per heavy atom. The smallest absolute Gasteiger partial charge is 0.308 e. The lowest BCUT2D eigenvalue weighted by Gasteiger charge is -2.28. The van der Waals surface area contributed by atoms with Crippen LogP contribution in [0.1, 0.15) is 36.8 Å². The molecule has 0 bridgehead atoms. The number of hydrogen-bond donors (Lipinski definition) is 0. The summed E-state index contributed by atoms with van der Waals surface area (Å²) >= 11 is 0. The van der Waals surface area contributed by atoms with Crippen LogP contribution >= 0.6 is 0 Å². The molecule has 1 aromatic carbocycles. The van der Waals surface area contributed by atoms with Crippen LogP contribution in [0.2, 0.25) is 0 Å². The molecule has 0 spiro atoms. The largest absolute Gasteiger partial charge is 0.328 e. The van der Waals surface area contributed by atoms with Crippen molar-refractivity contribution in [3.05, 3.63) is 35.4 Å². The average Bonchev–Trinajstić information content (AvgIpc) is 3.06. The zero-order chi connectivity index (χ0) is 13.7. The summed E-state index contributed by atoms with van der Waals surface area (Å²) in [6.07, 6.45) is 4.89. The van der Waals surface area contributed by atoms with E-state index in [0.29, 0.717) is 13.0 Å². The quantitative estimate of drug-likeness (QED) is 0.735. The number of hydrogen-bond acceptors (Lipinski definition) is 2. The van der Waals surface area contributed by atoms with Gasteiger partial charge in [-0.25, -0.2) is 4.79 Å². The highest BCUT2D eigenvalue weighted by Crippen LogP contribution is 2.34. The monoisotopic (exact) mass is 270 g/mol. The minimum absolute atomic E-state index is 0.0244. The highest BCUT2D eigenvalue weighted by atomic mass is 16.2. The van der Waals surface area contributed by atoms with Crippen LogP contribution in [0.15, 0.2) is 24.3 Å². The van der Waals surface area contributed by atoms with Crippen molar-refractivity contribution < 1.29 is 9.59 Å². The van der Waals surface area contributed by atoms with Crippen LogP contribution in [0.5, 0.6) is 0 Å². The zero-order valence-electron chi connectivity index (χ0n) is 11.4. The van der Waals surface area contributed by atoms with E-state index in [1.165, 1.54) is 11.1 Å². The maximum atomic E-state index is 12.6. The van der Waals surface area contributed by atoms with Gasteiger partial charge in [-0.05, 0) is 24.0 Å². The van der Waals surface area contributed by atoms with Gasteiger partial charge in [0.1, 0.15) is 6.04 Å². The van der Waals surface area contributed by atoms with Gasteiger partial charge in [0.15, 0.2) is 0 Å². The van der Waals surface area contributed by atoms with Gasteiger partial charge in [-0.2, -0.15) is 0 Å². The SMILES string of the molecule is O=C1C2Cc3ccccc3CN2C(=O)N1C1CCCC1. The fourth-order valence-electron chi connectivity index (χ4n) is 3.84. The summed E-state index contributed by atoms with van der Waals surface area (Å²) in [5, 5.41) is 0. The number of carbonyl (C=O) groups excluding carboxylic acids is 2. The van der Waals surface area contributed by atoms with Crippen LogP contribution in [-0.4, -0.2) is 33.8 Å². The molecule has 1 unspecified atom stereocenters. The number of imide groups is 1. The van der Waals surface area contributed by atoms with Crippen molar-refractivity contribution in [2.45, 2.75) is 50.7 Å². The number of benzene rings is 1. The molecule has 2 fully saturated rings. The Balaban J connectivity index is 1.66. The molecule has 1 saturated heterocycles. The molecular weight excluding hydrogens is 252 g/mol. The first kappa shape index (κ1) is 11.9. The first-order valence-corrected chi connectivity index (χ1v) is 7.46. The molecule has 0 N–H and O–H groups in total. The van der Waals surface area contributed by atoms with E-state index in [1.807, 2.05) is 12.1 Å². The van der Waals surface area contributed by atoms with Crippen LogP contribution < -0.4 is 0 Å². The van der Waals surface area contributed by atoms with Gasteiger partial charge < -0.3 is 4.90 Å². The molecule has 2 aliphatic heterocycles. The van der Waals surface area contributed by atoms with Crippen LogP contribution in [0.4, 0.5) is 4.79 Å². The summed E-state index contributed by atoms with van der Waals surface area (Å²) in [6, 6.07) is 7.94. The Labute approximate surface area is 118 Å². The minimum Gasteiger partial charge on any atom is -0.308 e. The molecule has 0 radical (unpaired) electrons. The Morgan fingerprint density at radius 2 is 1.70 bits per heavy atom. The summed E-state index contributed by atoms with van der Waals surface area (Å²) in [7, 11) is 0. The van der Waals surface area contributed by atoms with Gasteiger partial charge in [0.2, 0.25) is 0 Å². The maximum Gasteiger partial charge on any atom is 0.328 e. The third kappa shape index (κ3) is 1.60. The van der Waals surface area contributed by atoms with Crippen LogP contribution in [0, 0.1) is 0 Å². The number of rotatable bonds is 1. The van der Waals surface area contributed by atoms with Gasteiger partial charge in [0.05, 0.1) is 0 Å². The standard InChI is InChI=1S/C16H18N2O2/c19-15-14-9-11-5-1-2-6-12(11)10-17(14)16(20)18(15)13-7-3-4-8-13/h1-2,5-6,13-14H,3-4,7-10H2. The van der Waals surface area contributed by atoms with Crippen LogP contribution in [0.25, 0.3) is 0 Å². The van der Waals surface area contributed by atoms with E-state index in [9.17, 15) is 9.59 Å². The number of urea groups is 1. The summed E-state index contributed by atoms with van der Waals surface area (Å²) in [5.41, 5.74) is 2.39. The van der Waals surface area contributed by atoms with Crippen molar-refractivity contribution in [3.63, 3.8) is 0 Å². The van der Waals surface area contributed by atoms with E-state index in [2.05, 4.69) is 12.1 Å². The van der Waals surface area contributed by atoms with Gasteiger partial charge in [-0.3, -0.25) is 9.69 Å². The van der Waals surface area contributed by atoms with E-state index < -0.39 is 0 Å². The predicted octanol–water partition coefficient (Wildman–Crippen LogP) is 2.32. The second-order valence-corrected chi connectivity index (χ2v) is 6.05. The summed E-state index contributed by atoms with van der Waals surface area (Å²) in [4.78, 5) is 28.5. The molecule has 104 valence electrons. The van der Waals surface area contributed by atoms with Crippen molar-refractivity contribution >= 4 is 11.9 Å². The second kappa shape index (κ2) is 4.33. The van der Waals surface area contributed by atoms with Crippen molar-refractivity contribution in [1.29, 1.82) is 0 Å². The van der Waals surface area contributed by atoms with Gasteiger partial charge in [0.25, 0.3) is 5.91 Å². The van der Waals surface area contributed by atoms with E-state index in [0.717, 1.165) is 25.7 Å². The molecule has 0 aromatic heterocycles. The molecule has 4 heteroatoms. The first-order valence-electron chi connectivity index (χ1n) is 7.46. The number of nitrogens with zero attached hydrogens (tertiary/aromatic N) is 2. The second-order valence-electron chi connectivity index (χ2n) is 6.05. The highest BCUT2D eigenvalue weighted by molar-refractivity contribution is 6.05. The topological polar surface area (TPSA) is 40.6 Å². The Bertz CT molecular complexity index is 535. The van der Waals surface area contributed by atoms with Crippen LogP contribution in [0.3, 0.4) is 0 Å². The lowest BCUT2D eigenvalue weighted by atomic mass is 9.95. The molecule has 4 nitrogen and oxygen atoms in total. The molecule has 4 rings (SSSR count). The molecule has 20 heavy (non-hydrogen) atoms. The van der Waals surface area contributed by atoms with E-state index in [-0.39, 0.29) is 24.0 Å². The normalized spacial score (nSPS) is 26.1. The summed E-state index contributed by atoms with van der Waals surface area (Å²) in [5.74, 6) is 0.0244. The lowest BCUT2D eigenvalue weighted by Crippen LogP contribution is -2.40. The van der Waals surface area contributed by atoms with Crippen molar-refractivity contribution in [2.24, 2.45) is 0 Å². The molecule has 1 saturated carbocycles. The Hall–Kier alpha value is -1.84. The molecule has 1 atom stereocenters. The molecule has 3 amide bonds. The van der Waals surface area contributed by atoms with Crippen LogP contribution in [-0.2, 0) is 17.8 Å². The minimum atomic E-state index is -0.266. The molecule has 1 aromatic rings. The number of amides is 3. The molecule has 3 aliphatic rings. The van der Waals surface area contributed by atoms with Gasteiger partial charge in [-0.1, -0.05) is 37.1 Å². The molecular formula is C16H18N2O2. The third-order valence-electron chi connectivity index (χ3n) is 4.91. The van der Waals surface area contributed by atoms with Gasteiger partial charge in [-0.15, -0.1) is 0 Å². The highest BCUT2D eigenvalue weighted by Gasteiger charge is 2.49. The first-order chi connectivity index (χ1) is 9.75. The Morgan fingerprint density at radius 1 is 1.00 bits per heavy atom. The fraction of sp³-hybridized carbons (Fsp3) is 0.500. The third-order valence-corrected chi connectivity index (χ3v) is 4.91. The molecule has 1 aliphatic carbocycles. The average molecular weight is 270 g/mol. The lowest BCUT2D eigenvalue weighted by molar-refractivity contribution is -0.129. The van der Waals surface area contributed by atoms with Gasteiger partial charge in [0, 0.05) is 19.0 Å². The fourth-order valence-corrected chi connectivity index (χ4v) is 3.84. The van der Waals surface area contributed by atoms with Crippen molar-refractivity contribution in [2.75, 3.05) is 0 Å². The summed E-state index contributed by atoms with van der Waals surface area (Å²) in [6.45, 7) is 0.578. The zero-order valence-corrected chi connectivity index (χ0v) is 11.4. The predicted molar refractivity (Wildman–Crippen MR) is 74.0 cm³/mol. The molecule has 2 heterocycles. The van der Waals surface area contributed by atoms with E-state index >= 15 is 0 Å². The van der Waals surface area contributed by atoms with E-state index in [4.69, 9.17) is 0 Å². The summed E-state index contributed by atoms with van der Waals surface area (Å²) < 4.78 is 0. The van der Waals surface area contributed by atoms with Crippen molar-refractivity contribution in [3.8, 4) is 0 Å². The Kier molecular flexibility index (Phi) is 2.59. The van der Waals surface area contributed by atoms with E-state index in [1.54, 1.807) is 9.80 Å². The van der Waals surface area contributed by atoms with Gasteiger partial charge >= 0.3 is 6.03 Å². The maximum absolute atomic E-state index is 12.6. The van der Waals surface area contributed by atoms with Crippen molar-refractivity contribution in [1.82, 2.24) is 9.80 Å².